The largest absolute Gasteiger partial charge is 0.456 e. The molecule has 0 radical (unpaired) electrons. The monoisotopic (exact) mass is 476 g/mol. The van der Waals surface area contributed by atoms with Gasteiger partial charge in [-0.05, 0) is 42.2 Å². The van der Waals surface area contributed by atoms with Gasteiger partial charge in [0.05, 0.1) is 18.1 Å². The molecule has 1 saturated carbocycles. The molecule has 2 aromatic rings. The number of Topliss-reactive ketones (excluding diaryl/α,β-unsaturated/α-hetero) is 1. The standard InChI is InChI=1S/C29H32O6/c1-3-4-6-11-24(30)18(2)16-23-22-17-25(31)34-28(26(22)32)27(23)35-29(33)21-14-12-20(13-15-21)19-9-7-5-8-10-19/h5,7-10,12-16,22-23,26-28,32H,3-4,6,11,17H2,1-2H3/t22-,23+,26+,27+,28?/m1/s1. The maximum atomic E-state index is 13.0. The van der Waals surface area contributed by atoms with E-state index in [9.17, 15) is 19.5 Å². The molecule has 6 nitrogen and oxygen atoms in total. The first-order chi connectivity index (χ1) is 16.9. The Morgan fingerprint density at radius 3 is 2.43 bits per heavy atom. The van der Waals surface area contributed by atoms with Crippen molar-refractivity contribution < 1.29 is 29.0 Å². The van der Waals surface area contributed by atoms with E-state index in [0.29, 0.717) is 17.6 Å². The molecule has 6 heteroatoms. The number of carbonyl (C=O) groups excluding carboxylic acids is 3. The summed E-state index contributed by atoms with van der Waals surface area (Å²) in [6, 6.07) is 16.9. The van der Waals surface area contributed by atoms with Gasteiger partial charge in [0.1, 0.15) is 6.10 Å². The van der Waals surface area contributed by atoms with Crippen LogP contribution in [0.1, 0.15) is 56.3 Å². The Kier molecular flexibility index (Phi) is 7.81. The van der Waals surface area contributed by atoms with Crippen LogP contribution in [0.15, 0.2) is 66.2 Å². The molecule has 0 amide bonds. The lowest BCUT2D eigenvalue weighted by atomic mass is 9.88. The predicted octanol–water partition coefficient (Wildman–Crippen LogP) is 4.90. The highest BCUT2D eigenvalue weighted by Gasteiger charge is 2.57. The summed E-state index contributed by atoms with van der Waals surface area (Å²) in [5, 5.41) is 10.8. The lowest BCUT2D eigenvalue weighted by Crippen LogP contribution is -2.41. The molecular formula is C29H32O6. The van der Waals surface area contributed by atoms with Gasteiger partial charge >= 0.3 is 11.9 Å². The minimum absolute atomic E-state index is 0.0238. The van der Waals surface area contributed by atoms with E-state index in [2.05, 4.69) is 6.92 Å². The number of ether oxygens (including phenoxy) is 2. The Morgan fingerprint density at radius 2 is 1.74 bits per heavy atom. The number of carbonyl (C=O) groups is 3. The molecule has 1 N–H and O–H groups in total. The highest BCUT2D eigenvalue weighted by molar-refractivity contribution is 5.94. The summed E-state index contributed by atoms with van der Waals surface area (Å²) in [4.78, 5) is 37.8. The topological polar surface area (TPSA) is 89.9 Å². The molecule has 2 fully saturated rings. The van der Waals surface area contributed by atoms with Crippen LogP contribution >= 0.6 is 0 Å². The van der Waals surface area contributed by atoms with E-state index in [0.717, 1.165) is 30.4 Å². The van der Waals surface area contributed by atoms with Gasteiger partial charge in [0.25, 0.3) is 0 Å². The molecule has 0 aromatic heterocycles. The van der Waals surface area contributed by atoms with Crippen molar-refractivity contribution in [2.24, 2.45) is 11.8 Å². The van der Waals surface area contributed by atoms with Gasteiger partial charge in [-0.2, -0.15) is 0 Å². The Balaban J connectivity index is 1.53. The van der Waals surface area contributed by atoms with E-state index < -0.39 is 42.1 Å². The number of rotatable bonds is 9. The normalized spacial score (nSPS) is 25.7. The first-order valence-corrected chi connectivity index (χ1v) is 12.3. The average molecular weight is 477 g/mol. The number of unbranched alkanes of at least 4 members (excludes halogenated alkanes) is 2. The molecule has 2 aliphatic rings. The lowest BCUT2D eigenvalue weighted by molar-refractivity contribution is -0.168. The second kappa shape index (κ2) is 11.0. The first kappa shape index (κ1) is 24.9. The van der Waals surface area contributed by atoms with E-state index in [1.165, 1.54) is 0 Å². The van der Waals surface area contributed by atoms with Gasteiger partial charge in [-0.25, -0.2) is 4.79 Å². The summed E-state index contributed by atoms with van der Waals surface area (Å²) in [5.74, 6) is -1.90. The summed E-state index contributed by atoms with van der Waals surface area (Å²) in [6.45, 7) is 3.82. The Morgan fingerprint density at radius 1 is 1.06 bits per heavy atom. The Hall–Kier alpha value is -3.25. The smallest absolute Gasteiger partial charge is 0.338 e. The fraction of sp³-hybridized carbons (Fsp3) is 0.414. The predicted molar refractivity (Wildman–Crippen MR) is 131 cm³/mol. The Bertz CT molecular complexity index is 1090. The molecule has 1 aliphatic heterocycles. The molecule has 2 bridgehead atoms. The summed E-state index contributed by atoms with van der Waals surface area (Å²) in [6.07, 6.45) is 2.31. The third kappa shape index (κ3) is 5.54. The van der Waals surface area contributed by atoms with Crippen molar-refractivity contribution in [1.29, 1.82) is 0 Å². The van der Waals surface area contributed by atoms with Crippen LogP contribution in [0.5, 0.6) is 0 Å². The van der Waals surface area contributed by atoms with E-state index in [4.69, 9.17) is 9.47 Å². The van der Waals surface area contributed by atoms with Crippen molar-refractivity contribution in [1.82, 2.24) is 0 Å². The van der Waals surface area contributed by atoms with Crippen LogP contribution in [0.2, 0.25) is 0 Å². The van der Waals surface area contributed by atoms with Crippen LogP contribution in [0.3, 0.4) is 0 Å². The molecule has 35 heavy (non-hydrogen) atoms. The number of ketones is 1. The maximum absolute atomic E-state index is 13.0. The second-order valence-corrected chi connectivity index (χ2v) is 9.43. The number of fused-ring (bicyclic) bond motifs is 2. The lowest BCUT2D eigenvalue weighted by Gasteiger charge is -2.26. The van der Waals surface area contributed by atoms with Gasteiger partial charge in [-0.1, -0.05) is 68.3 Å². The second-order valence-electron chi connectivity index (χ2n) is 9.43. The molecule has 1 unspecified atom stereocenters. The van der Waals surface area contributed by atoms with Crippen LogP contribution in [-0.4, -0.2) is 41.1 Å². The van der Waals surface area contributed by atoms with Gasteiger partial charge in [0, 0.05) is 18.3 Å². The minimum atomic E-state index is -0.949. The molecule has 2 aromatic carbocycles. The third-order valence-corrected chi connectivity index (χ3v) is 7.00. The summed E-state index contributed by atoms with van der Waals surface area (Å²) in [7, 11) is 0. The van der Waals surface area contributed by atoms with E-state index in [-0.39, 0.29) is 12.2 Å². The van der Waals surface area contributed by atoms with Gasteiger partial charge < -0.3 is 14.6 Å². The van der Waals surface area contributed by atoms with E-state index >= 15 is 0 Å². The molecule has 0 spiro atoms. The number of aliphatic hydroxyl groups is 1. The van der Waals surface area contributed by atoms with Crippen molar-refractivity contribution in [2.45, 2.75) is 64.3 Å². The fourth-order valence-corrected chi connectivity index (χ4v) is 5.01. The van der Waals surface area contributed by atoms with E-state index in [1.807, 2.05) is 42.5 Å². The van der Waals surface area contributed by atoms with Crippen molar-refractivity contribution in [2.75, 3.05) is 0 Å². The van der Waals surface area contributed by atoms with Crippen LogP contribution in [0, 0.1) is 11.8 Å². The summed E-state index contributed by atoms with van der Waals surface area (Å²) < 4.78 is 11.2. The van der Waals surface area contributed by atoms with E-state index in [1.54, 1.807) is 25.1 Å². The van der Waals surface area contributed by atoms with Gasteiger partial charge in [0.2, 0.25) is 0 Å². The highest BCUT2D eigenvalue weighted by atomic mass is 16.6. The molecule has 5 atom stereocenters. The van der Waals surface area contributed by atoms with Gasteiger partial charge in [0.15, 0.2) is 11.9 Å². The summed E-state index contributed by atoms with van der Waals surface area (Å²) in [5.41, 5.74) is 2.94. The number of aliphatic hydroxyl groups excluding tert-OH is 1. The molecule has 1 aliphatic carbocycles. The SMILES string of the molecule is CCCCCC(=O)C(C)=C[C@H]1[C@H]2CC(=O)OC([C@H]2O)[C@H]1OC(=O)c1ccc(-c2ccccc2)cc1. The van der Waals surface area contributed by atoms with Crippen molar-refractivity contribution in [3.63, 3.8) is 0 Å². The quantitative estimate of drug-likeness (QED) is 0.315. The zero-order chi connectivity index (χ0) is 24.9. The zero-order valence-corrected chi connectivity index (χ0v) is 20.2. The zero-order valence-electron chi connectivity index (χ0n) is 20.2. The minimum Gasteiger partial charge on any atom is -0.456 e. The van der Waals surface area contributed by atoms with Crippen LogP contribution in [0.25, 0.3) is 11.1 Å². The maximum Gasteiger partial charge on any atom is 0.338 e. The molecule has 184 valence electrons. The van der Waals surface area contributed by atoms with Crippen LogP contribution in [0.4, 0.5) is 0 Å². The van der Waals surface area contributed by atoms with Crippen molar-refractivity contribution >= 4 is 17.7 Å². The van der Waals surface area contributed by atoms with Gasteiger partial charge in [-0.3, -0.25) is 9.59 Å². The fourth-order valence-electron chi connectivity index (χ4n) is 5.01. The van der Waals surface area contributed by atoms with Crippen molar-refractivity contribution in [3.05, 3.63) is 71.8 Å². The number of benzene rings is 2. The molecule has 1 heterocycles. The highest BCUT2D eigenvalue weighted by Crippen LogP contribution is 2.44. The summed E-state index contributed by atoms with van der Waals surface area (Å²) >= 11 is 0. The average Bonchev–Trinajstić information content (AvgIpc) is 3.00. The number of hydrogen-bond donors (Lipinski definition) is 1. The molecule has 1 saturated heterocycles. The third-order valence-electron chi connectivity index (χ3n) is 7.00. The molecular weight excluding hydrogens is 444 g/mol. The van der Waals surface area contributed by atoms with Crippen LogP contribution < -0.4 is 0 Å². The molecule has 4 rings (SSSR count). The number of esters is 2. The number of hydrogen-bond acceptors (Lipinski definition) is 6. The van der Waals surface area contributed by atoms with Gasteiger partial charge in [-0.15, -0.1) is 0 Å². The van der Waals surface area contributed by atoms with Crippen molar-refractivity contribution in [3.8, 4) is 11.1 Å². The Labute approximate surface area is 205 Å². The first-order valence-electron chi connectivity index (χ1n) is 12.3. The number of allylic oxidation sites excluding steroid dienone is 1. The van der Waals surface area contributed by atoms with Crippen LogP contribution in [-0.2, 0) is 19.1 Å².